The predicted octanol–water partition coefficient (Wildman–Crippen LogP) is 4.79. The van der Waals surface area contributed by atoms with Crippen molar-refractivity contribution in [3.63, 3.8) is 0 Å². The van der Waals surface area contributed by atoms with Crippen LogP contribution in [-0.2, 0) is 10.0 Å². The molecule has 2 unspecified atom stereocenters. The number of hydrogen-bond donors (Lipinski definition) is 2. The summed E-state index contributed by atoms with van der Waals surface area (Å²) >= 11 is 0. The summed E-state index contributed by atoms with van der Waals surface area (Å²) in [6.45, 7) is 3.87. The van der Waals surface area contributed by atoms with Crippen LogP contribution in [0.5, 0.6) is 17.2 Å². The van der Waals surface area contributed by atoms with E-state index >= 15 is 0 Å². The first kappa shape index (κ1) is 32.4. The molecule has 4 aromatic carbocycles. The lowest BCUT2D eigenvalue weighted by Crippen LogP contribution is -2.45. The Balaban J connectivity index is 1.47. The second-order valence-electron chi connectivity index (χ2n) is 10.8. The van der Waals surface area contributed by atoms with Gasteiger partial charge in [-0.2, -0.15) is 4.72 Å². The molecule has 10 nitrogen and oxygen atoms in total. The summed E-state index contributed by atoms with van der Waals surface area (Å²) in [4.78, 5) is 22.6. The molecule has 0 saturated heterocycles. The van der Waals surface area contributed by atoms with Crippen molar-refractivity contribution in [2.75, 3.05) is 26.6 Å². The molecule has 0 bridgehead atoms. The van der Waals surface area contributed by atoms with Crippen molar-refractivity contribution in [1.29, 1.82) is 0 Å². The Morgan fingerprint density at radius 2 is 1.59 bits per heavy atom. The molecule has 0 aromatic heterocycles. The lowest BCUT2D eigenvalue weighted by Gasteiger charge is -2.23. The summed E-state index contributed by atoms with van der Waals surface area (Å²) in [5.74, 6) is 1.19. The van der Waals surface area contributed by atoms with Crippen LogP contribution in [0, 0.1) is 12.8 Å². The first-order valence-corrected chi connectivity index (χ1v) is 16.1. The van der Waals surface area contributed by atoms with Crippen LogP contribution in [0.2, 0.25) is 0 Å². The Labute approximate surface area is 268 Å². The quantitative estimate of drug-likeness (QED) is 0.271. The molecule has 2 N–H and O–H groups in total. The molecule has 4 aromatic rings. The minimum absolute atomic E-state index is 0.00895. The van der Waals surface area contributed by atoms with E-state index in [4.69, 9.17) is 24.2 Å². The number of sulfonamides is 1. The van der Waals surface area contributed by atoms with E-state index < -0.39 is 16.2 Å². The normalized spacial score (nSPS) is 17.0. The number of ether oxygens (including phenoxy) is 3. The summed E-state index contributed by atoms with van der Waals surface area (Å²) in [6, 6.07) is 23.9. The van der Waals surface area contributed by atoms with Crippen molar-refractivity contribution in [2.24, 2.45) is 15.9 Å². The third-order valence-electron chi connectivity index (χ3n) is 7.64. The van der Waals surface area contributed by atoms with Crippen molar-refractivity contribution in [3.8, 4) is 17.2 Å². The molecule has 1 aliphatic rings. The van der Waals surface area contributed by atoms with Crippen molar-refractivity contribution in [3.05, 3.63) is 107 Å². The van der Waals surface area contributed by atoms with Crippen molar-refractivity contribution < 1.29 is 27.4 Å². The van der Waals surface area contributed by atoms with Crippen LogP contribution in [0.25, 0.3) is 6.08 Å². The number of aryl methyl sites for hydroxylation is 1. The van der Waals surface area contributed by atoms with Gasteiger partial charge in [-0.25, -0.2) is 8.42 Å². The Bertz CT molecular complexity index is 1990. The number of benzene rings is 4. The average molecular weight is 641 g/mol. The summed E-state index contributed by atoms with van der Waals surface area (Å²) in [5, 5.41) is 4.35. The second kappa shape index (κ2) is 14.0. The highest BCUT2D eigenvalue weighted by atomic mass is 32.2. The molecular formula is C35H36N4O6S. The third kappa shape index (κ3) is 7.44. The van der Waals surface area contributed by atoms with Gasteiger partial charge in [-0.3, -0.25) is 14.8 Å². The lowest BCUT2D eigenvalue weighted by atomic mass is 9.97. The molecule has 2 atom stereocenters. The zero-order chi connectivity index (χ0) is 32.8. The van der Waals surface area contributed by atoms with E-state index in [0.717, 1.165) is 10.8 Å². The van der Waals surface area contributed by atoms with Crippen LogP contribution in [0.1, 0.15) is 29.3 Å². The monoisotopic (exact) mass is 640 g/mol. The molecule has 238 valence electrons. The molecule has 5 rings (SSSR count). The van der Waals surface area contributed by atoms with Gasteiger partial charge in [-0.1, -0.05) is 37.3 Å². The number of nitrogens with one attached hydrogen (secondary N) is 2. The van der Waals surface area contributed by atoms with E-state index in [1.54, 1.807) is 57.7 Å². The minimum atomic E-state index is -4.09. The van der Waals surface area contributed by atoms with Gasteiger partial charge in [-0.15, -0.1) is 0 Å². The lowest BCUT2D eigenvalue weighted by molar-refractivity contribution is 0.102. The molecule has 0 saturated carbocycles. The van der Waals surface area contributed by atoms with Gasteiger partial charge in [0.15, 0.2) is 6.17 Å². The Hall–Kier alpha value is -5.00. The number of carbonyl (C=O) groups excluding carboxylic acids is 1. The van der Waals surface area contributed by atoms with E-state index in [-0.39, 0.29) is 16.7 Å². The second-order valence-corrected chi connectivity index (χ2v) is 12.5. The van der Waals surface area contributed by atoms with Gasteiger partial charge in [0.1, 0.15) is 17.2 Å². The van der Waals surface area contributed by atoms with Gasteiger partial charge in [-0.05, 0) is 66.6 Å². The maximum atomic E-state index is 13.8. The highest BCUT2D eigenvalue weighted by Gasteiger charge is 2.28. The fourth-order valence-electron chi connectivity index (χ4n) is 5.04. The standard InChI is InChI=1S/C35H36N4O6S/c1-22-10-13-25(18-32(22)45-5)35(40)37-26-14-16-30(17-15-26)46(41,42)39-34-33(36-27-19-28(43-3)21-29(20-27)44-4)23(2)11-12-24-8-6-7-9-31(24)38-34/h6-10,12-21,23,34,39H,11H2,1-5H3,(H,37,40). The van der Waals surface area contributed by atoms with E-state index in [2.05, 4.69) is 16.1 Å². The smallest absolute Gasteiger partial charge is 0.255 e. The molecule has 46 heavy (non-hydrogen) atoms. The summed E-state index contributed by atoms with van der Waals surface area (Å²) in [6.07, 6.45) is 1.68. The number of rotatable bonds is 9. The van der Waals surface area contributed by atoms with Crippen molar-refractivity contribution >= 4 is 39.1 Å². The van der Waals surface area contributed by atoms with Gasteiger partial charge in [0.05, 0.1) is 43.0 Å². The van der Waals surface area contributed by atoms with Crippen LogP contribution in [0.15, 0.2) is 99.8 Å². The van der Waals surface area contributed by atoms with Gasteiger partial charge < -0.3 is 19.5 Å². The number of carbonyl (C=O) groups is 1. The molecule has 0 radical (unpaired) electrons. The van der Waals surface area contributed by atoms with Gasteiger partial charge >= 0.3 is 0 Å². The minimum Gasteiger partial charge on any atom is -0.497 e. The van der Waals surface area contributed by atoms with Crippen LogP contribution in [-0.4, -0.2) is 47.5 Å². The Morgan fingerprint density at radius 3 is 2.26 bits per heavy atom. The van der Waals surface area contributed by atoms with Gasteiger partial charge in [0.2, 0.25) is 10.0 Å². The van der Waals surface area contributed by atoms with Crippen LogP contribution < -0.4 is 34.8 Å². The first-order valence-electron chi connectivity index (χ1n) is 14.6. The Morgan fingerprint density at radius 1 is 0.891 bits per heavy atom. The molecule has 11 heteroatoms. The van der Waals surface area contributed by atoms with Crippen LogP contribution in [0.3, 0.4) is 0 Å². The number of nitrogens with zero attached hydrogens (tertiary/aromatic N) is 2. The molecule has 0 spiro atoms. The number of hydrogen-bond acceptors (Lipinski definition) is 8. The van der Waals surface area contributed by atoms with Crippen LogP contribution >= 0.6 is 0 Å². The molecule has 1 heterocycles. The average Bonchev–Trinajstić information content (AvgIpc) is 3.06. The highest BCUT2D eigenvalue weighted by Crippen LogP contribution is 2.29. The van der Waals surface area contributed by atoms with Gasteiger partial charge in [0, 0.05) is 35.4 Å². The number of para-hydroxylation sites is 1. The Kier molecular flexibility index (Phi) is 9.84. The fraction of sp³-hybridized carbons (Fsp3) is 0.229. The van der Waals surface area contributed by atoms with E-state index in [0.29, 0.717) is 51.7 Å². The largest absolute Gasteiger partial charge is 0.497 e. The number of fused-ring (bicyclic) bond motifs is 1. The zero-order valence-corrected chi connectivity index (χ0v) is 27.1. The van der Waals surface area contributed by atoms with E-state index in [1.165, 1.54) is 24.3 Å². The molecule has 1 amide bonds. The number of methoxy groups -OCH3 is 3. The first-order chi connectivity index (χ1) is 22.1. The molecular weight excluding hydrogens is 604 g/mol. The SMILES string of the molecule is COc1cc(N=C2C(C)CC=c3ccccc3=NC2NS(=O)(=O)c2ccc(NC(=O)c3ccc(C)c(OC)c3)cc2)cc(OC)c1. The number of aliphatic imine (C=N–C) groups is 1. The van der Waals surface area contributed by atoms with Gasteiger partial charge in [0.25, 0.3) is 5.91 Å². The van der Waals surface area contributed by atoms with E-state index in [1.807, 2.05) is 38.1 Å². The third-order valence-corrected chi connectivity index (χ3v) is 9.06. The maximum Gasteiger partial charge on any atom is 0.255 e. The highest BCUT2D eigenvalue weighted by molar-refractivity contribution is 7.89. The topological polar surface area (TPSA) is 128 Å². The molecule has 0 aliphatic carbocycles. The van der Waals surface area contributed by atoms with Crippen molar-refractivity contribution in [1.82, 2.24) is 4.72 Å². The molecule has 0 fully saturated rings. The summed E-state index contributed by atoms with van der Waals surface area (Å²) in [5.41, 5.74) is 2.83. The number of amides is 1. The number of anilines is 1. The molecule has 1 aliphatic heterocycles. The summed E-state index contributed by atoms with van der Waals surface area (Å²) < 4.78 is 46.5. The maximum absolute atomic E-state index is 13.8. The predicted molar refractivity (Wildman–Crippen MR) is 178 cm³/mol. The van der Waals surface area contributed by atoms with Crippen molar-refractivity contribution in [2.45, 2.75) is 31.3 Å². The van der Waals surface area contributed by atoms with Crippen LogP contribution in [0.4, 0.5) is 11.4 Å². The summed E-state index contributed by atoms with van der Waals surface area (Å²) in [7, 11) is 0.564. The van der Waals surface area contributed by atoms with E-state index in [9.17, 15) is 13.2 Å². The zero-order valence-electron chi connectivity index (χ0n) is 26.3. The fourth-order valence-corrected chi connectivity index (χ4v) is 6.14.